The molecule has 0 radical (unpaired) electrons. The number of carbonyl (C=O) groups excluding carboxylic acids is 2. The van der Waals surface area contributed by atoms with E-state index < -0.39 is 27.6 Å². The Bertz CT molecular complexity index is 368. The van der Waals surface area contributed by atoms with Crippen LogP contribution in [-0.2, 0) is 28.7 Å². The van der Waals surface area contributed by atoms with Crippen LogP contribution in [0.25, 0.3) is 0 Å². The Kier molecular flexibility index (Phi) is 4.22. The molecular formula is C6H9NO6S. The Labute approximate surface area is 80.8 Å². The highest BCUT2D eigenvalue weighted by Gasteiger charge is 2.19. The fourth-order valence-electron chi connectivity index (χ4n) is 0.447. The number of ketones is 1. The second-order valence-corrected chi connectivity index (χ2v) is 3.82. The van der Waals surface area contributed by atoms with Gasteiger partial charge in [-0.3, -0.25) is 9.08 Å². The van der Waals surface area contributed by atoms with Crippen molar-refractivity contribution in [2.24, 2.45) is 5.16 Å². The van der Waals surface area contributed by atoms with E-state index in [1.807, 2.05) is 0 Å². The van der Waals surface area contributed by atoms with E-state index in [4.69, 9.17) is 0 Å². The number of oxime groups is 1. The zero-order valence-corrected chi connectivity index (χ0v) is 8.62. The molecule has 0 amide bonds. The summed E-state index contributed by atoms with van der Waals surface area (Å²) in [5.41, 5.74) is -0.710. The maximum atomic E-state index is 10.8. The molecule has 0 heterocycles. The molecule has 7 nitrogen and oxygen atoms in total. The summed E-state index contributed by atoms with van der Waals surface area (Å²) in [6.07, 6.45) is 0.728. The van der Waals surface area contributed by atoms with E-state index >= 15 is 0 Å². The van der Waals surface area contributed by atoms with E-state index in [2.05, 4.69) is 14.2 Å². The van der Waals surface area contributed by atoms with Gasteiger partial charge in [0.05, 0.1) is 13.4 Å². The van der Waals surface area contributed by atoms with E-state index in [0.29, 0.717) is 0 Å². The first kappa shape index (κ1) is 12.6. The summed E-state index contributed by atoms with van der Waals surface area (Å²) in [5, 5.41) is 2.87. The van der Waals surface area contributed by atoms with Crippen LogP contribution in [0, 0.1) is 0 Å². The number of esters is 1. The molecule has 14 heavy (non-hydrogen) atoms. The first-order valence-electron chi connectivity index (χ1n) is 3.34. The maximum Gasteiger partial charge on any atom is 0.363 e. The van der Waals surface area contributed by atoms with Crippen molar-refractivity contribution >= 4 is 27.6 Å². The lowest BCUT2D eigenvalue weighted by atomic mass is 10.3. The van der Waals surface area contributed by atoms with Gasteiger partial charge in [0.2, 0.25) is 5.71 Å². The topological polar surface area (TPSA) is 99.1 Å². The van der Waals surface area contributed by atoms with Gasteiger partial charge < -0.3 is 4.74 Å². The number of nitrogens with zero attached hydrogens (tertiary/aromatic N) is 1. The summed E-state index contributed by atoms with van der Waals surface area (Å²) in [6.45, 7) is 1.03. The summed E-state index contributed by atoms with van der Waals surface area (Å²) < 4.78 is 29.0. The standard InChI is InChI=1S/C6H9NO6S/c1-4(8)5(6(9)12-2)7-13-14(3,10)11/h1-3H3/b7-5-. The molecule has 0 unspecified atom stereocenters. The van der Waals surface area contributed by atoms with Crippen LogP contribution >= 0.6 is 0 Å². The molecule has 0 fully saturated rings. The number of rotatable bonds is 4. The van der Waals surface area contributed by atoms with Crippen LogP contribution in [0.1, 0.15) is 6.92 Å². The average Bonchev–Trinajstić information content (AvgIpc) is 2.01. The predicted octanol–water partition coefficient (Wildman–Crippen LogP) is -0.919. The molecule has 0 saturated carbocycles. The summed E-state index contributed by atoms with van der Waals surface area (Å²) in [6, 6.07) is 0. The highest BCUT2D eigenvalue weighted by molar-refractivity contribution is 7.85. The van der Waals surface area contributed by atoms with Crippen molar-refractivity contribution in [1.82, 2.24) is 0 Å². The van der Waals surface area contributed by atoms with Crippen molar-refractivity contribution in [3.05, 3.63) is 0 Å². The molecule has 0 saturated heterocycles. The third kappa shape index (κ3) is 4.55. The molecule has 0 spiro atoms. The molecule has 80 valence electrons. The first-order valence-corrected chi connectivity index (χ1v) is 5.15. The van der Waals surface area contributed by atoms with Gasteiger partial charge in [0.25, 0.3) is 0 Å². The lowest BCUT2D eigenvalue weighted by Gasteiger charge is -1.98. The molecule has 0 aliphatic heterocycles. The molecule has 0 atom stereocenters. The molecule has 0 bridgehead atoms. The lowest BCUT2D eigenvalue weighted by Crippen LogP contribution is -2.24. The Morgan fingerprint density at radius 3 is 2.07 bits per heavy atom. The average molecular weight is 223 g/mol. The van der Waals surface area contributed by atoms with E-state index in [0.717, 1.165) is 20.3 Å². The monoisotopic (exact) mass is 223 g/mol. The largest absolute Gasteiger partial charge is 0.464 e. The van der Waals surface area contributed by atoms with Crippen molar-refractivity contribution in [1.29, 1.82) is 0 Å². The van der Waals surface area contributed by atoms with Crippen molar-refractivity contribution in [2.45, 2.75) is 6.92 Å². The SMILES string of the molecule is COC(=O)/C(=N\OS(C)(=O)=O)C(C)=O. The van der Waals surface area contributed by atoms with E-state index in [9.17, 15) is 18.0 Å². The minimum atomic E-state index is -3.84. The van der Waals surface area contributed by atoms with Crippen molar-refractivity contribution < 1.29 is 27.0 Å². The molecule has 0 aliphatic carbocycles. The zero-order valence-electron chi connectivity index (χ0n) is 7.80. The summed E-state index contributed by atoms with van der Waals surface area (Å²) in [4.78, 5) is 21.6. The zero-order chi connectivity index (χ0) is 11.4. The third-order valence-electron chi connectivity index (χ3n) is 0.976. The quantitative estimate of drug-likeness (QED) is 0.264. The fraction of sp³-hybridized carbons (Fsp3) is 0.500. The maximum absolute atomic E-state index is 10.8. The number of methoxy groups -OCH3 is 1. The van der Waals surface area contributed by atoms with E-state index in [1.54, 1.807) is 0 Å². The minimum Gasteiger partial charge on any atom is -0.464 e. The fourth-order valence-corrected chi connectivity index (χ4v) is 0.657. The van der Waals surface area contributed by atoms with Crippen LogP contribution in [0.3, 0.4) is 0 Å². The van der Waals surface area contributed by atoms with Crippen LogP contribution < -0.4 is 0 Å². The molecule has 8 heteroatoms. The molecule has 0 aromatic carbocycles. The number of carbonyl (C=O) groups is 2. The van der Waals surface area contributed by atoms with Gasteiger partial charge in [-0.1, -0.05) is 5.16 Å². The van der Waals surface area contributed by atoms with Crippen molar-refractivity contribution in [2.75, 3.05) is 13.4 Å². The normalized spacial score (nSPS) is 12.1. The Balaban J connectivity index is 4.85. The van der Waals surface area contributed by atoms with Gasteiger partial charge in [0, 0.05) is 6.92 Å². The van der Waals surface area contributed by atoms with Crippen LogP contribution in [0.5, 0.6) is 0 Å². The van der Waals surface area contributed by atoms with E-state index in [1.165, 1.54) is 0 Å². The minimum absolute atomic E-state index is 0.710. The van der Waals surface area contributed by atoms with Gasteiger partial charge in [0.1, 0.15) is 0 Å². The van der Waals surface area contributed by atoms with Gasteiger partial charge in [-0.15, -0.1) is 0 Å². The molecule has 0 aliphatic rings. The molecular weight excluding hydrogens is 214 g/mol. The van der Waals surface area contributed by atoms with Crippen LogP contribution in [0.4, 0.5) is 0 Å². The van der Waals surface area contributed by atoms with Gasteiger partial charge in [0.15, 0.2) is 5.78 Å². The van der Waals surface area contributed by atoms with Crippen LogP contribution in [-0.4, -0.2) is 39.2 Å². The number of hydrogen-bond acceptors (Lipinski definition) is 7. The first-order chi connectivity index (χ1) is 6.28. The smallest absolute Gasteiger partial charge is 0.363 e. The Hall–Kier alpha value is -1.44. The number of Topliss-reactive ketones (excluding diaryl/α,β-unsaturated/α-hetero) is 1. The van der Waals surface area contributed by atoms with Crippen molar-refractivity contribution in [3.63, 3.8) is 0 Å². The Morgan fingerprint density at radius 1 is 1.29 bits per heavy atom. The third-order valence-corrected chi connectivity index (χ3v) is 1.32. The number of hydrogen-bond donors (Lipinski definition) is 0. The van der Waals surface area contributed by atoms with Crippen molar-refractivity contribution in [3.8, 4) is 0 Å². The van der Waals surface area contributed by atoms with Crippen LogP contribution in [0.2, 0.25) is 0 Å². The highest BCUT2D eigenvalue weighted by Crippen LogP contribution is 1.92. The van der Waals surface area contributed by atoms with Gasteiger partial charge in [-0.05, 0) is 0 Å². The molecule has 0 N–H and O–H groups in total. The molecule has 0 aromatic rings. The number of ether oxygens (including phenoxy) is 1. The summed E-state index contributed by atoms with van der Waals surface area (Å²) >= 11 is 0. The summed E-state index contributed by atoms with van der Waals surface area (Å²) in [5.74, 6) is -1.80. The van der Waals surface area contributed by atoms with Crippen LogP contribution in [0.15, 0.2) is 5.16 Å². The molecule has 0 rings (SSSR count). The second kappa shape index (κ2) is 4.70. The van der Waals surface area contributed by atoms with Gasteiger partial charge in [-0.25, -0.2) is 4.79 Å². The summed E-state index contributed by atoms with van der Waals surface area (Å²) in [7, 11) is -2.81. The lowest BCUT2D eigenvalue weighted by molar-refractivity contribution is -0.133. The second-order valence-electron chi connectivity index (χ2n) is 2.27. The van der Waals surface area contributed by atoms with Gasteiger partial charge >= 0.3 is 16.1 Å². The Morgan fingerprint density at radius 2 is 1.79 bits per heavy atom. The van der Waals surface area contributed by atoms with E-state index in [-0.39, 0.29) is 0 Å². The van der Waals surface area contributed by atoms with Gasteiger partial charge in [-0.2, -0.15) is 8.42 Å². The molecule has 0 aromatic heterocycles. The highest BCUT2D eigenvalue weighted by atomic mass is 32.2. The predicted molar refractivity (Wildman–Crippen MR) is 46.1 cm³/mol.